The molecule has 0 unspecified atom stereocenters. The smallest absolute Gasteiger partial charge is 0.252 e. The topological polar surface area (TPSA) is 44.5 Å². The van der Waals surface area contributed by atoms with Crippen LogP contribution in [0, 0.1) is 17.9 Å². The van der Waals surface area contributed by atoms with E-state index in [2.05, 4.69) is 357 Å². The minimum absolute atomic E-state index is 0.0685. The van der Waals surface area contributed by atoms with Gasteiger partial charge in [0.2, 0.25) is 0 Å². The van der Waals surface area contributed by atoms with E-state index >= 15 is 0 Å². The van der Waals surface area contributed by atoms with Gasteiger partial charge in [-0.15, -0.1) is 0 Å². The van der Waals surface area contributed by atoms with Gasteiger partial charge in [-0.1, -0.05) is 254 Å². The predicted molar refractivity (Wildman–Crippen MR) is 425 cm³/mol. The summed E-state index contributed by atoms with van der Waals surface area (Å²) in [5.41, 5.74) is 30.9. The Morgan fingerprint density at radius 1 is 0.327 bits per heavy atom. The van der Waals surface area contributed by atoms with Crippen molar-refractivity contribution in [1.29, 1.82) is 5.26 Å². The number of anilines is 6. The Balaban J connectivity index is 0.978. The highest BCUT2D eigenvalue weighted by Gasteiger charge is 2.45. The Morgan fingerprint density at radius 2 is 0.693 bits per heavy atom. The van der Waals surface area contributed by atoms with Gasteiger partial charge in [0.1, 0.15) is 0 Å². The Labute approximate surface area is 590 Å². The minimum Gasteiger partial charge on any atom is -0.311 e. The number of benzene rings is 14. The van der Waals surface area contributed by atoms with Gasteiger partial charge in [0.05, 0.1) is 51.6 Å². The zero-order valence-electron chi connectivity index (χ0n) is 57.2. The van der Waals surface area contributed by atoms with Crippen LogP contribution in [0.4, 0.5) is 39.8 Å². The molecular weight excluding hydrogens is 1220 g/mol. The summed E-state index contributed by atoms with van der Waals surface area (Å²) in [4.78, 5) is 8.99. The van der Waals surface area contributed by atoms with E-state index in [9.17, 15) is 5.26 Å². The molecule has 0 saturated carbocycles. The van der Waals surface area contributed by atoms with Gasteiger partial charge in [0, 0.05) is 66.8 Å². The van der Waals surface area contributed by atoms with E-state index < -0.39 is 0 Å². The quantitative estimate of drug-likeness (QED) is 0.107. The lowest BCUT2D eigenvalue weighted by Crippen LogP contribution is -2.61. The van der Waals surface area contributed by atoms with Crippen LogP contribution in [0.2, 0.25) is 0 Å². The van der Waals surface area contributed by atoms with Gasteiger partial charge in [0.25, 0.3) is 6.71 Å². The molecule has 478 valence electrons. The maximum absolute atomic E-state index is 10.0. The second-order valence-corrected chi connectivity index (χ2v) is 29.1. The summed E-state index contributed by atoms with van der Waals surface area (Å²) in [6, 6.07) is 116. The van der Waals surface area contributed by atoms with Gasteiger partial charge in [-0.3, -0.25) is 0 Å². The van der Waals surface area contributed by atoms with Crippen molar-refractivity contribution in [2.75, 3.05) is 9.80 Å². The molecule has 0 radical (unpaired) electrons. The third-order valence-corrected chi connectivity index (χ3v) is 21.1. The summed E-state index contributed by atoms with van der Waals surface area (Å²) in [5, 5.41) is 14.8. The van der Waals surface area contributed by atoms with Crippen LogP contribution in [0.1, 0.15) is 58.2 Å². The predicted octanol–water partition coefficient (Wildman–Crippen LogP) is 23.3. The van der Waals surface area contributed by atoms with Gasteiger partial charge >= 0.3 is 0 Å². The summed E-state index contributed by atoms with van der Waals surface area (Å²) in [5.74, 6) is 0. The van der Waals surface area contributed by atoms with Crippen molar-refractivity contribution in [1.82, 2.24) is 9.13 Å². The molecule has 0 amide bonds. The first-order valence-corrected chi connectivity index (χ1v) is 34.8. The minimum atomic E-state index is -0.260. The number of aromatic nitrogens is 2. The number of hydrogen-bond donors (Lipinski definition) is 0. The van der Waals surface area contributed by atoms with Crippen LogP contribution >= 0.6 is 0 Å². The SMILES string of the molecule is [C-]#[N+]c1ccc(-c2ccc(N3c4cc(-n5c6ccccc6c6ccccc65)ccc4B4c5ccc(-n6c7ccccc7c7ccccc76)cc5N(c5ccc(-c6ccc(C#N)cc6)cc5-c5ccc(C(C)(C)C)cc5)c5cc(-c6ccccc6)cc3c54)c(-c3ccc(C(C)(C)C)cc3)c2)cc1. The Hall–Kier alpha value is -12.7. The molecule has 2 aliphatic rings. The molecule has 6 nitrogen and oxygen atoms in total. The van der Waals surface area contributed by atoms with Crippen molar-refractivity contribution < 1.29 is 0 Å². The summed E-state index contributed by atoms with van der Waals surface area (Å²) in [6.07, 6.45) is 0. The van der Waals surface area contributed by atoms with E-state index in [4.69, 9.17) is 6.57 Å². The summed E-state index contributed by atoms with van der Waals surface area (Å²) in [7, 11) is 0. The zero-order chi connectivity index (χ0) is 68.4. The molecule has 4 heterocycles. The lowest BCUT2D eigenvalue weighted by Gasteiger charge is -2.45. The monoisotopic (exact) mass is 1290 g/mol. The van der Waals surface area contributed by atoms with E-state index in [1.54, 1.807) is 0 Å². The molecule has 2 aromatic heterocycles. The summed E-state index contributed by atoms with van der Waals surface area (Å²) >= 11 is 0. The fourth-order valence-electron chi connectivity index (χ4n) is 16.0. The van der Waals surface area contributed by atoms with Crippen molar-refractivity contribution in [3.8, 4) is 73.1 Å². The standard InChI is InChI=1S/C94H69BN6/c1-93(2,3)69-41-33-64(34-42-69)78-53-66(62-31-29-60(59-96)30-32-62)39-51-86(78)100-88-57-72(98-82-25-15-11-21-74(82)75-22-12-16-26-83(75)98)47-49-80(88)95-81-50-48-73(99-84-27-17-13-23-76(84)77-24-14-18-28-85(77)99)58-89(81)101(91-56-68(55-90(100)92(91)95)61-19-9-8-10-20-61)87-52-40-67(63-37-45-71(97-7)46-38-63)54-79(87)65-35-43-70(44-36-65)94(4,5)6/h8-58H,1-6H3. The average molecular weight is 1290 g/mol. The number of nitriles is 1. The molecule has 0 fully saturated rings. The number of para-hydroxylation sites is 4. The number of nitrogens with zero attached hydrogens (tertiary/aromatic N) is 6. The van der Waals surface area contributed by atoms with E-state index in [0.717, 1.165) is 123 Å². The first kappa shape index (κ1) is 60.7. The number of rotatable bonds is 9. The summed E-state index contributed by atoms with van der Waals surface area (Å²) in [6.45, 7) is 21.3. The van der Waals surface area contributed by atoms with Gasteiger partial charge in [-0.2, -0.15) is 5.26 Å². The Kier molecular flexibility index (Phi) is 14.1. The Morgan fingerprint density at radius 3 is 1.09 bits per heavy atom. The van der Waals surface area contributed by atoms with E-state index in [1.807, 2.05) is 24.3 Å². The van der Waals surface area contributed by atoms with Gasteiger partial charge in [-0.05, 0) is 180 Å². The first-order chi connectivity index (χ1) is 49.3. The molecular formula is C94H69BN6. The molecule has 16 aromatic rings. The Bertz CT molecular complexity index is 5650. The lowest BCUT2D eigenvalue weighted by molar-refractivity contribution is 0.590. The van der Waals surface area contributed by atoms with Crippen molar-refractivity contribution >= 4 is 107 Å². The molecule has 0 bridgehead atoms. The third kappa shape index (κ3) is 10.1. The highest BCUT2D eigenvalue weighted by molar-refractivity contribution is 7.00. The highest BCUT2D eigenvalue weighted by atomic mass is 15.2. The van der Waals surface area contributed by atoms with Crippen molar-refractivity contribution in [3.05, 3.63) is 337 Å². The maximum atomic E-state index is 10.0. The van der Waals surface area contributed by atoms with Crippen LogP contribution < -0.4 is 26.2 Å². The molecule has 0 N–H and O–H groups in total. The van der Waals surface area contributed by atoms with Crippen molar-refractivity contribution in [2.24, 2.45) is 0 Å². The zero-order valence-corrected chi connectivity index (χ0v) is 57.2. The average Bonchev–Trinajstić information content (AvgIpc) is 1.02. The molecule has 0 aliphatic carbocycles. The molecule has 2 aliphatic heterocycles. The van der Waals surface area contributed by atoms with E-state index in [-0.39, 0.29) is 17.5 Å². The molecule has 0 atom stereocenters. The van der Waals surface area contributed by atoms with Crippen molar-refractivity contribution in [3.63, 3.8) is 0 Å². The molecule has 101 heavy (non-hydrogen) atoms. The van der Waals surface area contributed by atoms with Gasteiger partial charge < -0.3 is 18.9 Å². The fourth-order valence-corrected chi connectivity index (χ4v) is 16.0. The van der Waals surface area contributed by atoms with E-state index in [1.165, 1.54) is 49.1 Å². The highest BCUT2D eigenvalue weighted by Crippen LogP contribution is 2.52. The maximum Gasteiger partial charge on any atom is 0.252 e. The lowest BCUT2D eigenvalue weighted by atomic mass is 9.33. The second-order valence-electron chi connectivity index (χ2n) is 29.1. The molecule has 14 aromatic carbocycles. The van der Waals surface area contributed by atoms with E-state index in [0.29, 0.717) is 11.3 Å². The summed E-state index contributed by atoms with van der Waals surface area (Å²) < 4.78 is 4.91. The molecule has 7 heteroatoms. The van der Waals surface area contributed by atoms with Crippen LogP contribution in [0.5, 0.6) is 0 Å². The largest absolute Gasteiger partial charge is 0.311 e. The van der Waals surface area contributed by atoms with Gasteiger partial charge in [-0.25, -0.2) is 4.85 Å². The third-order valence-electron chi connectivity index (χ3n) is 21.1. The van der Waals surface area contributed by atoms with Crippen molar-refractivity contribution in [2.45, 2.75) is 52.4 Å². The number of fused-ring (bicyclic) bond motifs is 10. The fraction of sp³-hybridized carbons (Fsp3) is 0.0851. The second kappa shape index (κ2) is 23.5. The van der Waals surface area contributed by atoms with Crippen LogP contribution in [0.25, 0.3) is 115 Å². The first-order valence-electron chi connectivity index (χ1n) is 34.8. The van der Waals surface area contributed by atoms with Crippen LogP contribution in [-0.4, -0.2) is 15.8 Å². The van der Waals surface area contributed by atoms with Crippen LogP contribution in [0.15, 0.2) is 309 Å². The van der Waals surface area contributed by atoms with Crippen LogP contribution in [0.3, 0.4) is 0 Å². The molecule has 0 spiro atoms. The normalized spacial score (nSPS) is 12.6. The van der Waals surface area contributed by atoms with Gasteiger partial charge in [0.15, 0.2) is 5.69 Å². The molecule has 0 saturated heterocycles. The number of hydrogen-bond acceptors (Lipinski definition) is 3. The molecule has 18 rings (SSSR count). The van der Waals surface area contributed by atoms with Crippen LogP contribution in [-0.2, 0) is 10.8 Å².